The first-order chi connectivity index (χ1) is 7.95. The summed E-state index contributed by atoms with van der Waals surface area (Å²) in [7, 11) is 0. The van der Waals surface area contributed by atoms with Gasteiger partial charge in [0.25, 0.3) is 5.91 Å². The monoisotopic (exact) mass is 381 g/mol. The Hall–Kier alpha value is -0.0600. The lowest BCUT2D eigenvalue weighted by atomic mass is 10.1. The summed E-state index contributed by atoms with van der Waals surface area (Å²) in [5.74, 6) is 0.221. The topological polar surface area (TPSA) is 29.1 Å². The van der Waals surface area contributed by atoms with Gasteiger partial charge in [-0.1, -0.05) is 57.3 Å². The van der Waals surface area contributed by atoms with Gasteiger partial charge in [-0.15, -0.1) is 0 Å². The summed E-state index contributed by atoms with van der Waals surface area (Å²) in [4.78, 5) is 12.1. The second-order valence-corrected chi connectivity index (χ2v) is 6.07. The second kappa shape index (κ2) is 6.76. The number of nitrogens with one attached hydrogen (secondary N) is 1. The molecule has 0 aliphatic heterocycles. The molecule has 0 spiro atoms. The number of carbonyl (C=O) groups excluding carboxylic acids is 1. The minimum Gasteiger partial charge on any atom is -0.348 e. The fourth-order valence-corrected chi connectivity index (χ4v) is 2.78. The van der Waals surface area contributed by atoms with Gasteiger partial charge in [-0.3, -0.25) is 4.79 Å². The van der Waals surface area contributed by atoms with E-state index in [-0.39, 0.29) is 11.9 Å². The molecular weight excluding hydrogens is 369 g/mol. The van der Waals surface area contributed by atoms with Crippen molar-refractivity contribution in [2.24, 2.45) is 5.92 Å². The van der Waals surface area contributed by atoms with Gasteiger partial charge in [0.05, 0.1) is 10.6 Å². The van der Waals surface area contributed by atoms with Crippen molar-refractivity contribution in [3.63, 3.8) is 0 Å². The average molecular weight is 384 g/mol. The Kier molecular flexibility index (Phi) is 5.97. The highest BCUT2D eigenvalue weighted by Crippen LogP contribution is 2.21. The zero-order valence-electron chi connectivity index (χ0n) is 9.64. The van der Waals surface area contributed by atoms with Gasteiger partial charge in [0, 0.05) is 15.8 Å². The van der Waals surface area contributed by atoms with Crippen molar-refractivity contribution >= 4 is 49.4 Å². The van der Waals surface area contributed by atoms with Crippen LogP contribution in [0.3, 0.4) is 0 Å². The van der Waals surface area contributed by atoms with E-state index in [0.717, 1.165) is 9.80 Å². The molecule has 1 aromatic rings. The first-order valence-electron chi connectivity index (χ1n) is 5.27. The lowest BCUT2D eigenvalue weighted by molar-refractivity contribution is 0.0932. The van der Waals surface area contributed by atoms with Gasteiger partial charge in [-0.25, -0.2) is 0 Å². The Balaban J connectivity index is 2.86. The van der Waals surface area contributed by atoms with E-state index in [0.29, 0.717) is 16.5 Å². The molecule has 0 saturated heterocycles. The normalized spacial score (nSPS) is 12.6. The highest BCUT2D eigenvalue weighted by atomic mass is 79.9. The third-order valence-corrected chi connectivity index (χ3v) is 3.98. The van der Waals surface area contributed by atoms with Gasteiger partial charge in [0.1, 0.15) is 0 Å². The fourth-order valence-electron chi connectivity index (χ4n) is 1.30. The lowest BCUT2D eigenvalue weighted by Crippen LogP contribution is -2.39. The molecule has 0 fully saturated rings. The number of carbonyl (C=O) groups is 1. The van der Waals surface area contributed by atoms with Crippen molar-refractivity contribution in [1.29, 1.82) is 0 Å². The second-order valence-electron chi connectivity index (χ2n) is 4.10. The highest BCUT2D eigenvalue weighted by molar-refractivity contribution is 9.10. The molecule has 1 rings (SSSR count). The van der Waals surface area contributed by atoms with Crippen LogP contribution < -0.4 is 5.32 Å². The predicted molar refractivity (Wildman–Crippen MR) is 79.0 cm³/mol. The number of alkyl halides is 1. The Morgan fingerprint density at radius 2 is 2.12 bits per heavy atom. The van der Waals surface area contributed by atoms with Crippen molar-refractivity contribution < 1.29 is 4.79 Å². The smallest absolute Gasteiger partial charge is 0.253 e. The molecule has 5 heteroatoms. The first kappa shape index (κ1) is 15.0. The number of hydrogen-bond donors (Lipinski definition) is 1. The Labute approximate surface area is 123 Å². The molecule has 1 amide bonds. The molecule has 0 heterocycles. The van der Waals surface area contributed by atoms with E-state index in [9.17, 15) is 4.79 Å². The number of hydrogen-bond acceptors (Lipinski definition) is 1. The fraction of sp³-hybridized carbons (Fsp3) is 0.417. The largest absolute Gasteiger partial charge is 0.348 e. The molecule has 0 aliphatic carbocycles. The first-order valence-corrected chi connectivity index (χ1v) is 7.56. The minimum absolute atomic E-state index is 0.0950. The highest BCUT2D eigenvalue weighted by Gasteiger charge is 2.17. The number of halogens is 3. The van der Waals surface area contributed by atoms with Gasteiger partial charge in [-0.2, -0.15) is 0 Å². The molecule has 0 aliphatic rings. The van der Waals surface area contributed by atoms with Gasteiger partial charge >= 0.3 is 0 Å². The molecule has 0 bridgehead atoms. The summed E-state index contributed by atoms with van der Waals surface area (Å²) in [6, 6.07) is 5.34. The van der Waals surface area contributed by atoms with Gasteiger partial charge in [-0.05, 0) is 24.1 Å². The van der Waals surface area contributed by atoms with Crippen LogP contribution in [0, 0.1) is 5.92 Å². The minimum atomic E-state index is -0.144. The Morgan fingerprint density at radius 1 is 1.47 bits per heavy atom. The Bertz CT molecular complexity index is 409. The van der Waals surface area contributed by atoms with Gasteiger partial charge in [0.2, 0.25) is 0 Å². The Morgan fingerprint density at radius 3 is 2.65 bits per heavy atom. The summed E-state index contributed by atoms with van der Waals surface area (Å²) >= 11 is 12.7. The molecule has 2 nitrogen and oxygen atoms in total. The third kappa shape index (κ3) is 4.27. The van der Waals surface area contributed by atoms with Crippen LogP contribution in [-0.2, 0) is 0 Å². The van der Waals surface area contributed by atoms with Crippen LogP contribution in [0.15, 0.2) is 22.7 Å². The number of amides is 1. The third-order valence-electron chi connectivity index (χ3n) is 2.46. The number of rotatable bonds is 4. The molecule has 1 N–H and O–H groups in total. The van der Waals surface area contributed by atoms with Crippen LogP contribution in [0.4, 0.5) is 0 Å². The van der Waals surface area contributed by atoms with Crippen LogP contribution in [0.1, 0.15) is 24.2 Å². The van der Waals surface area contributed by atoms with Crippen molar-refractivity contribution in [1.82, 2.24) is 5.32 Å². The molecule has 17 heavy (non-hydrogen) atoms. The van der Waals surface area contributed by atoms with Gasteiger partial charge < -0.3 is 5.32 Å². The molecule has 1 aromatic carbocycles. The summed E-state index contributed by atoms with van der Waals surface area (Å²) in [5.41, 5.74) is 0.493. The average Bonchev–Trinajstić information content (AvgIpc) is 2.28. The number of benzene rings is 1. The van der Waals surface area contributed by atoms with Crippen molar-refractivity contribution in [2.75, 3.05) is 5.33 Å². The maximum Gasteiger partial charge on any atom is 0.253 e. The SMILES string of the molecule is CC(C)C(CBr)NC(=O)c1cc(Br)ccc1Cl. The maximum absolute atomic E-state index is 12.1. The van der Waals surface area contributed by atoms with E-state index >= 15 is 0 Å². The van der Waals surface area contributed by atoms with E-state index < -0.39 is 0 Å². The summed E-state index contributed by atoms with van der Waals surface area (Å²) < 4.78 is 0.840. The quantitative estimate of drug-likeness (QED) is 0.774. The van der Waals surface area contributed by atoms with E-state index in [2.05, 4.69) is 51.0 Å². The molecule has 1 unspecified atom stereocenters. The molecule has 1 atom stereocenters. The van der Waals surface area contributed by atoms with Crippen LogP contribution in [-0.4, -0.2) is 17.3 Å². The molecular formula is C12H14Br2ClNO. The van der Waals surface area contributed by atoms with E-state index in [1.54, 1.807) is 12.1 Å². The van der Waals surface area contributed by atoms with E-state index in [1.807, 2.05) is 6.07 Å². The zero-order valence-corrected chi connectivity index (χ0v) is 13.6. The maximum atomic E-state index is 12.1. The van der Waals surface area contributed by atoms with Crippen LogP contribution in [0.25, 0.3) is 0 Å². The zero-order chi connectivity index (χ0) is 13.0. The van der Waals surface area contributed by atoms with Crippen molar-refractivity contribution in [3.05, 3.63) is 33.3 Å². The van der Waals surface area contributed by atoms with Crippen LogP contribution in [0.5, 0.6) is 0 Å². The summed E-state index contributed by atoms with van der Waals surface area (Å²) in [6.45, 7) is 4.13. The molecule has 0 saturated carbocycles. The molecule has 0 radical (unpaired) electrons. The standard InChI is InChI=1S/C12H14Br2ClNO/c1-7(2)11(6-13)16-12(17)9-5-8(14)3-4-10(9)15/h3-5,7,11H,6H2,1-2H3,(H,16,17). The lowest BCUT2D eigenvalue weighted by Gasteiger charge is -2.20. The predicted octanol–water partition coefficient (Wildman–Crippen LogP) is 4.25. The molecule has 94 valence electrons. The summed E-state index contributed by atoms with van der Waals surface area (Å²) in [5, 5.41) is 4.14. The van der Waals surface area contributed by atoms with Crippen molar-refractivity contribution in [3.8, 4) is 0 Å². The van der Waals surface area contributed by atoms with Crippen LogP contribution >= 0.6 is 43.5 Å². The van der Waals surface area contributed by atoms with E-state index in [4.69, 9.17) is 11.6 Å². The molecule has 0 aromatic heterocycles. The summed E-state index contributed by atoms with van der Waals surface area (Å²) in [6.07, 6.45) is 0. The van der Waals surface area contributed by atoms with E-state index in [1.165, 1.54) is 0 Å². The van der Waals surface area contributed by atoms with Crippen LogP contribution in [0.2, 0.25) is 5.02 Å². The van der Waals surface area contributed by atoms with Gasteiger partial charge in [0.15, 0.2) is 0 Å². The van der Waals surface area contributed by atoms with Crippen molar-refractivity contribution in [2.45, 2.75) is 19.9 Å².